The van der Waals surface area contributed by atoms with Crippen molar-refractivity contribution in [3.63, 3.8) is 0 Å². The molecule has 2 aromatic heterocycles. The molecule has 3 nitrogen and oxygen atoms in total. The molecule has 5 heteroatoms. The third-order valence-electron chi connectivity index (χ3n) is 2.61. The van der Waals surface area contributed by atoms with Gasteiger partial charge in [-0.1, -0.05) is 23.4 Å². The lowest BCUT2D eigenvalue weighted by molar-refractivity contribution is 0.439. The molecule has 18 heavy (non-hydrogen) atoms. The molecule has 3 aromatic rings. The topological polar surface area (TPSA) is 52.0 Å². The van der Waals surface area contributed by atoms with Gasteiger partial charge in [-0.3, -0.25) is 0 Å². The Bertz CT molecular complexity index is 659. The summed E-state index contributed by atoms with van der Waals surface area (Å²) in [5, 5.41) is 5.93. The van der Waals surface area contributed by atoms with Crippen LogP contribution in [0.25, 0.3) is 21.7 Å². The van der Waals surface area contributed by atoms with E-state index in [4.69, 9.17) is 10.3 Å². The molecule has 0 amide bonds. The number of thiophene rings is 1. The van der Waals surface area contributed by atoms with Crippen molar-refractivity contribution in [1.29, 1.82) is 0 Å². The Labute approximate surface area is 107 Å². The van der Waals surface area contributed by atoms with Gasteiger partial charge in [-0.25, -0.2) is 4.39 Å². The summed E-state index contributed by atoms with van der Waals surface area (Å²) in [5.41, 5.74) is 7.98. The quantitative estimate of drug-likeness (QED) is 0.762. The van der Waals surface area contributed by atoms with Crippen molar-refractivity contribution in [2.75, 3.05) is 5.73 Å². The predicted octanol–water partition coefficient (Wildman–Crippen LogP) is 3.79. The summed E-state index contributed by atoms with van der Waals surface area (Å²) in [6.07, 6.45) is 0. The van der Waals surface area contributed by atoms with Gasteiger partial charge in [-0.15, -0.1) is 11.3 Å². The van der Waals surface area contributed by atoms with Crippen LogP contribution in [0.15, 0.2) is 46.3 Å². The SMILES string of the molecule is Nc1onc(-c2cccs2)c1-c1ccc(F)cc1. The van der Waals surface area contributed by atoms with Gasteiger partial charge >= 0.3 is 0 Å². The van der Waals surface area contributed by atoms with Gasteiger partial charge in [0, 0.05) is 0 Å². The number of halogens is 1. The van der Waals surface area contributed by atoms with Gasteiger partial charge in [0.25, 0.3) is 0 Å². The number of nitrogen functional groups attached to an aromatic ring is 1. The van der Waals surface area contributed by atoms with Crippen LogP contribution < -0.4 is 5.73 Å². The summed E-state index contributed by atoms with van der Waals surface area (Å²) in [4.78, 5) is 0.967. The number of hydrogen-bond acceptors (Lipinski definition) is 4. The van der Waals surface area contributed by atoms with Crippen LogP contribution in [0.5, 0.6) is 0 Å². The molecule has 0 aliphatic carbocycles. The van der Waals surface area contributed by atoms with E-state index < -0.39 is 0 Å². The summed E-state index contributed by atoms with van der Waals surface area (Å²) < 4.78 is 18.0. The Balaban J connectivity index is 2.17. The predicted molar refractivity (Wildman–Crippen MR) is 69.6 cm³/mol. The van der Waals surface area contributed by atoms with Crippen LogP contribution in [0.3, 0.4) is 0 Å². The Hall–Kier alpha value is -2.14. The standard InChI is InChI=1S/C13H9FN2OS/c14-9-5-3-8(4-6-9)11-12(16-17-13(11)15)10-2-1-7-18-10/h1-7H,15H2. The van der Waals surface area contributed by atoms with Crippen LogP contribution >= 0.6 is 11.3 Å². The molecule has 0 aliphatic heterocycles. The normalized spacial score (nSPS) is 10.7. The minimum Gasteiger partial charge on any atom is -0.367 e. The first-order valence-corrected chi connectivity index (χ1v) is 6.18. The Morgan fingerprint density at radius 1 is 1.17 bits per heavy atom. The maximum absolute atomic E-state index is 12.9. The van der Waals surface area contributed by atoms with Gasteiger partial charge in [0.1, 0.15) is 11.5 Å². The number of aromatic nitrogens is 1. The molecule has 0 aliphatic rings. The lowest BCUT2D eigenvalue weighted by atomic mass is 10.0. The lowest BCUT2D eigenvalue weighted by Crippen LogP contribution is -1.87. The van der Waals surface area contributed by atoms with Crippen molar-refractivity contribution < 1.29 is 8.91 Å². The van der Waals surface area contributed by atoms with E-state index in [1.807, 2.05) is 17.5 Å². The molecule has 0 bridgehead atoms. The fourth-order valence-electron chi connectivity index (χ4n) is 1.78. The Kier molecular flexibility index (Phi) is 2.60. The highest BCUT2D eigenvalue weighted by Gasteiger charge is 2.17. The van der Waals surface area contributed by atoms with E-state index in [-0.39, 0.29) is 11.7 Å². The molecule has 0 saturated carbocycles. The largest absolute Gasteiger partial charge is 0.367 e. The van der Waals surface area contributed by atoms with Crippen molar-refractivity contribution in [2.24, 2.45) is 0 Å². The van der Waals surface area contributed by atoms with Crippen molar-refractivity contribution >= 4 is 17.2 Å². The van der Waals surface area contributed by atoms with Crippen molar-refractivity contribution in [1.82, 2.24) is 5.16 Å². The third-order valence-corrected chi connectivity index (χ3v) is 3.48. The third kappa shape index (κ3) is 1.78. The van der Waals surface area contributed by atoms with Crippen LogP contribution in [0, 0.1) is 5.82 Å². The maximum atomic E-state index is 12.9. The van der Waals surface area contributed by atoms with Gasteiger partial charge in [0.2, 0.25) is 5.88 Å². The molecule has 0 atom stereocenters. The minimum atomic E-state index is -0.286. The molecule has 3 rings (SSSR count). The minimum absolute atomic E-state index is 0.241. The molecule has 0 spiro atoms. The lowest BCUT2D eigenvalue weighted by Gasteiger charge is -2.00. The average Bonchev–Trinajstić information content (AvgIpc) is 2.99. The van der Waals surface area contributed by atoms with E-state index in [9.17, 15) is 4.39 Å². The Morgan fingerprint density at radius 3 is 2.61 bits per heavy atom. The molecule has 0 radical (unpaired) electrons. The molecule has 0 saturated heterocycles. The highest BCUT2D eigenvalue weighted by atomic mass is 32.1. The molecule has 0 fully saturated rings. The van der Waals surface area contributed by atoms with E-state index in [0.717, 1.165) is 10.4 Å². The van der Waals surface area contributed by atoms with Crippen LogP contribution in [0.4, 0.5) is 10.3 Å². The molecular weight excluding hydrogens is 251 g/mol. The highest BCUT2D eigenvalue weighted by molar-refractivity contribution is 7.13. The second-order valence-corrected chi connectivity index (χ2v) is 4.70. The monoisotopic (exact) mass is 260 g/mol. The Morgan fingerprint density at radius 2 is 1.94 bits per heavy atom. The first kappa shape index (κ1) is 11.0. The van der Waals surface area contributed by atoms with Crippen molar-refractivity contribution in [3.05, 3.63) is 47.6 Å². The smallest absolute Gasteiger partial charge is 0.230 e. The number of benzene rings is 1. The number of hydrogen-bond donors (Lipinski definition) is 1. The van der Waals surface area contributed by atoms with E-state index in [0.29, 0.717) is 11.3 Å². The van der Waals surface area contributed by atoms with Crippen LogP contribution in [-0.4, -0.2) is 5.16 Å². The second-order valence-electron chi connectivity index (χ2n) is 3.75. The summed E-state index contributed by atoms with van der Waals surface area (Å²) in [6, 6.07) is 9.97. The first-order valence-electron chi connectivity index (χ1n) is 5.30. The molecule has 90 valence electrons. The van der Waals surface area contributed by atoms with E-state index in [2.05, 4.69) is 5.16 Å². The van der Waals surface area contributed by atoms with Gasteiger partial charge in [0.15, 0.2) is 0 Å². The summed E-state index contributed by atoms with van der Waals surface area (Å²) in [7, 11) is 0. The fraction of sp³-hybridized carbons (Fsp3) is 0. The summed E-state index contributed by atoms with van der Waals surface area (Å²) >= 11 is 1.55. The van der Waals surface area contributed by atoms with E-state index in [1.54, 1.807) is 23.5 Å². The van der Waals surface area contributed by atoms with Gasteiger partial charge in [-0.05, 0) is 29.1 Å². The zero-order valence-corrected chi connectivity index (χ0v) is 10.1. The summed E-state index contributed by atoms with van der Waals surface area (Å²) in [6.45, 7) is 0. The van der Waals surface area contributed by atoms with E-state index in [1.165, 1.54) is 12.1 Å². The molecule has 0 unspecified atom stereocenters. The van der Waals surface area contributed by atoms with Crippen LogP contribution in [0.1, 0.15) is 0 Å². The molecule has 1 aromatic carbocycles. The average molecular weight is 260 g/mol. The second kappa shape index (κ2) is 4.27. The molecular formula is C13H9FN2OS. The van der Waals surface area contributed by atoms with Gasteiger partial charge in [0.05, 0.1) is 10.4 Å². The van der Waals surface area contributed by atoms with E-state index >= 15 is 0 Å². The fourth-order valence-corrected chi connectivity index (χ4v) is 2.49. The van der Waals surface area contributed by atoms with Crippen molar-refractivity contribution in [2.45, 2.75) is 0 Å². The number of nitrogens with two attached hydrogens (primary N) is 1. The number of rotatable bonds is 2. The van der Waals surface area contributed by atoms with Crippen molar-refractivity contribution in [3.8, 4) is 21.7 Å². The summed E-state index contributed by atoms with van der Waals surface area (Å²) in [5.74, 6) is -0.0449. The maximum Gasteiger partial charge on any atom is 0.230 e. The van der Waals surface area contributed by atoms with Gasteiger partial charge in [-0.2, -0.15) is 0 Å². The van der Waals surface area contributed by atoms with Crippen LogP contribution in [0.2, 0.25) is 0 Å². The van der Waals surface area contributed by atoms with Gasteiger partial charge < -0.3 is 10.3 Å². The zero-order chi connectivity index (χ0) is 12.5. The number of nitrogens with zero attached hydrogens (tertiary/aromatic N) is 1. The van der Waals surface area contributed by atoms with Crippen LogP contribution in [-0.2, 0) is 0 Å². The number of anilines is 1. The molecule has 2 N–H and O–H groups in total. The molecule has 2 heterocycles. The first-order chi connectivity index (χ1) is 8.75. The highest BCUT2D eigenvalue weighted by Crippen LogP contribution is 2.37. The zero-order valence-electron chi connectivity index (χ0n) is 9.26.